The van der Waals surface area contributed by atoms with Crippen molar-refractivity contribution < 1.29 is 4.79 Å². The highest BCUT2D eigenvalue weighted by molar-refractivity contribution is 5.95. The van der Waals surface area contributed by atoms with E-state index in [4.69, 9.17) is 6.42 Å². The van der Waals surface area contributed by atoms with Crippen LogP contribution in [0.15, 0.2) is 12.3 Å². The van der Waals surface area contributed by atoms with Crippen molar-refractivity contribution in [3.05, 3.63) is 23.5 Å². The molecule has 66 valence electrons. The molecular weight excluding hydrogens is 166 g/mol. The molecular formula is C9H9N3O. The number of hydrogen-bond acceptors (Lipinski definition) is 3. The molecule has 0 aliphatic rings. The van der Waals surface area contributed by atoms with Gasteiger partial charge in [0.25, 0.3) is 5.91 Å². The number of terminal acetylenes is 1. The van der Waals surface area contributed by atoms with Crippen molar-refractivity contribution in [3.8, 4) is 12.3 Å². The standard InChI is InChI=1S/C9H9N3O/c1-3-5-10-9(13)8-4-6-11-12-7(8)2/h1,4,6H,5H2,2H3,(H,10,13). The lowest BCUT2D eigenvalue weighted by atomic mass is 10.2. The highest BCUT2D eigenvalue weighted by Gasteiger charge is 2.07. The van der Waals surface area contributed by atoms with E-state index < -0.39 is 0 Å². The van der Waals surface area contributed by atoms with Gasteiger partial charge >= 0.3 is 0 Å². The topological polar surface area (TPSA) is 54.9 Å². The van der Waals surface area contributed by atoms with Gasteiger partial charge in [-0.25, -0.2) is 0 Å². The second-order valence-electron chi connectivity index (χ2n) is 2.42. The Hall–Kier alpha value is -1.89. The molecule has 0 unspecified atom stereocenters. The van der Waals surface area contributed by atoms with Crippen LogP contribution in [0.2, 0.25) is 0 Å². The lowest BCUT2D eigenvalue weighted by Crippen LogP contribution is -2.24. The second-order valence-corrected chi connectivity index (χ2v) is 2.42. The van der Waals surface area contributed by atoms with E-state index in [1.807, 2.05) is 0 Å². The minimum atomic E-state index is -0.217. The Kier molecular flexibility index (Phi) is 2.98. The Bertz CT molecular complexity index is 354. The van der Waals surface area contributed by atoms with Gasteiger partial charge in [-0.15, -0.1) is 6.42 Å². The Balaban J connectivity index is 2.78. The summed E-state index contributed by atoms with van der Waals surface area (Å²) in [5.41, 5.74) is 1.10. The summed E-state index contributed by atoms with van der Waals surface area (Å²) in [5, 5.41) is 9.93. The summed E-state index contributed by atoms with van der Waals surface area (Å²) >= 11 is 0. The molecule has 1 N–H and O–H groups in total. The summed E-state index contributed by atoms with van der Waals surface area (Å²) in [6.07, 6.45) is 6.47. The first-order valence-electron chi connectivity index (χ1n) is 3.75. The zero-order chi connectivity index (χ0) is 9.68. The molecule has 0 saturated heterocycles. The maximum absolute atomic E-state index is 11.3. The largest absolute Gasteiger partial charge is 0.341 e. The van der Waals surface area contributed by atoms with Gasteiger partial charge in [0.1, 0.15) is 0 Å². The lowest BCUT2D eigenvalue weighted by molar-refractivity contribution is 0.0957. The molecule has 0 aliphatic heterocycles. The van der Waals surface area contributed by atoms with Crippen LogP contribution in [0.5, 0.6) is 0 Å². The van der Waals surface area contributed by atoms with E-state index >= 15 is 0 Å². The summed E-state index contributed by atoms with van der Waals surface area (Å²) in [7, 11) is 0. The van der Waals surface area contributed by atoms with Gasteiger partial charge < -0.3 is 5.32 Å². The third-order valence-electron chi connectivity index (χ3n) is 1.50. The van der Waals surface area contributed by atoms with Crippen molar-refractivity contribution in [2.45, 2.75) is 6.92 Å². The molecule has 0 radical (unpaired) electrons. The van der Waals surface area contributed by atoms with Gasteiger partial charge in [-0.1, -0.05) is 5.92 Å². The number of nitrogens with zero attached hydrogens (tertiary/aromatic N) is 2. The SMILES string of the molecule is C#CCNC(=O)c1ccnnc1C. The molecule has 0 spiro atoms. The highest BCUT2D eigenvalue weighted by atomic mass is 16.1. The average Bonchev–Trinajstić information content (AvgIpc) is 2.15. The monoisotopic (exact) mass is 175 g/mol. The van der Waals surface area contributed by atoms with Gasteiger partial charge in [-0.2, -0.15) is 10.2 Å². The quantitative estimate of drug-likeness (QED) is 0.651. The molecule has 13 heavy (non-hydrogen) atoms. The van der Waals surface area contributed by atoms with E-state index in [9.17, 15) is 4.79 Å². The van der Waals surface area contributed by atoms with Crippen LogP contribution >= 0.6 is 0 Å². The molecule has 1 aromatic rings. The van der Waals surface area contributed by atoms with E-state index in [0.717, 1.165) is 0 Å². The molecule has 0 aromatic carbocycles. The number of amides is 1. The van der Waals surface area contributed by atoms with Crippen molar-refractivity contribution in [2.24, 2.45) is 0 Å². The molecule has 0 aliphatic carbocycles. The number of carbonyl (C=O) groups is 1. The fraction of sp³-hybridized carbons (Fsp3) is 0.222. The van der Waals surface area contributed by atoms with E-state index in [1.54, 1.807) is 13.0 Å². The molecule has 0 saturated carbocycles. The zero-order valence-electron chi connectivity index (χ0n) is 7.24. The maximum Gasteiger partial charge on any atom is 0.253 e. The first-order valence-corrected chi connectivity index (χ1v) is 3.75. The molecule has 1 rings (SSSR count). The number of aromatic nitrogens is 2. The van der Waals surface area contributed by atoms with Crippen molar-refractivity contribution in [1.29, 1.82) is 0 Å². The predicted octanol–water partition coefficient (Wildman–Crippen LogP) is 0.148. The second kappa shape index (κ2) is 4.21. The molecule has 1 amide bonds. The summed E-state index contributed by atoms with van der Waals surface area (Å²) in [6.45, 7) is 1.94. The zero-order valence-corrected chi connectivity index (χ0v) is 7.24. The average molecular weight is 175 g/mol. The molecule has 0 bridgehead atoms. The molecule has 0 fully saturated rings. The highest BCUT2D eigenvalue weighted by Crippen LogP contribution is 2.00. The van der Waals surface area contributed by atoms with Crippen LogP contribution in [0.4, 0.5) is 0 Å². The van der Waals surface area contributed by atoms with Crippen LogP contribution in [0.3, 0.4) is 0 Å². The Labute approximate surface area is 76.4 Å². The first-order chi connectivity index (χ1) is 6.25. The fourth-order valence-electron chi connectivity index (χ4n) is 0.869. The van der Waals surface area contributed by atoms with Crippen molar-refractivity contribution >= 4 is 5.91 Å². The van der Waals surface area contributed by atoms with E-state index in [1.165, 1.54) is 6.20 Å². The summed E-state index contributed by atoms with van der Waals surface area (Å²) in [5.74, 6) is 2.10. The van der Waals surface area contributed by atoms with Crippen LogP contribution < -0.4 is 5.32 Å². The van der Waals surface area contributed by atoms with Gasteiger partial charge in [-0.05, 0) is 13.0 Å². The third-order valence-corrected chi connectivity index (χ3v) is 1.50. The van der Waals surface area contributed by atoms with Crippen LogP contribution in [0.1, 0.15) is 16.1 Å². The summed E-state index contributed by atoms with van der Waals surface area (Å²) in [6, 6.07) is 1.61. The smallest absolute Gasteiger partial charge is 0.253 e. The van der Waals surface area contributed by atoms with Crippen LogP contribution in [0.25, 0.3) is 0 Å². The van der Waals surface area contributed by atoms with Gasteiger partial charge in [0.15, 0.2) is 0 Å². The van der Waals surface area contributed by atoms with Gasteiger partial charge in [0.05, 0.1) is 24.0 Å². The maximum atomic E-state index is 11.3. The van der Waals surface area contributed by atoms with Crippen LogP contribution in [-0.4, -0.2) is 22.6 Å². The van der Waals surface area contributed by atoms with Gasteiger partial charge in [-0.3, -0.25) is 4.79 Å². The molecule has 1 heterocycles. The van der Waals surface area contributed by atoms with Gasteiger partial charge in [0, 0.05) is 0 Å². The predicted molar refractivity (Wildman–Crippen MR) is 47.9 cm³/mol. The van der Waals surface area contributed by atoms with E-state index in [-0.39, 0.29) is 12.5 Å². The van der Waals surface area contributed by atoms with Gasteiger partial charge in [0.2, 0.25) is 0 Å². The number of nitrogens with one attached hydrogen (secondary N) is 1. The summed E-state index contributed by atoms with van der Waals surface area (Å²) < 4.78 is 0. The van der Waals surface area contributed by atoms with Crippen molar-refractivity contribution in [1.82, 2.24) is 15.5 Å². The third kappa shape index (κ3) is 2.27. The number of rotatable bonds is 2. The normalized spacial score (nSPS) is 8.92. The lowest BCUT2D eigenvalue weighted by Gasteiger charge is -2.02. The molecule has 0 atom stereocenters. The Morgan fingerprint density at radius 1 is 1.77 bits per heavy atom. The summed E-state index contributed by atoms with van der Waals surface area (Å²) in [4.78, 5) is 11.3. The fourth-order valence-corrected chi connectivity index (χ4v) is 0.869. The van der Waals surface area contributed by atoms with Crippen molar-refractivity contribution in [3.63, 3.8) is 0 Å². The number of carbonyl (C=O) groups excluding carboxylic acids is 1. The van der Waals surface area contributed by atoms with E-state index in [0.29, 0.717) is 11.3 Å². The molecule has 4 heteroatoms. The molecule has 4 nitrogen and oxygen atoms in total. The number of aryl methyl sites for hydroxylation is 1. The Morgan fingerprint density at radius 2 is 2.54 bits per heavy atom. The minimum Gasteiger partial charge on any atom is -0.341 e. The molecule has 1 aromatic heterocycles. The number of hydrogen-bond donors (Lipinski definition) is 1. The Morgan fingerprint density at radius 3 is 3.15 bits per heavy atom. The van der Waals surface area contributed by atoms with E-state index in [2.05, 4.69) is 21.4 Å². The first kappa shape index (κ1) is 9.20. The van der Waals surface area contributed by atoms with Crippen LogP contribution in [-0.2, 0) is 0 Å². The van der Waals surface area contributed by atoms with Crippen molar-refractivity contribution in [2.75, 3.05) is 6.54 Å². The minimum absolute atomic E-state index is 0.217. The van der Waals surface area contributed by atoms with Crippen LogP contribution in [0, 0.1) is 19.3 Å².